The van der Waals surface area contributed by atoms with E-state index in [0.717, 1.165) is 11.5 Å². The van der Waals surface area contributed by atoms with E-state index in [-0.39, 0.29) is 5.69 Å². The Hall–Kier alpha value is -3.20. The number of carbonyl (C=O) groups excluding carboxylic acids is 2. The third kappa shape index (κ3) is 4.85. The third-order valence-electron chi connectivity index (χ3n) is 4.72. The first-order chi connectivity index (χ1) is 14.3. The molecule has 1 N–H and O–H groups in total. The molecule has 0 aliphatic carbocycles. The lowest BCUT2D eigenvalue weighted by atomic mass is 10.00. The molecule has 0 aliphatic heterocycles. The molecule has 0 aliphatic rings. The van der Waals surface area contributed by atoms with Gasteiger partial charge in [-0.05, 0) is 68.2 Å². The van der Waals surface area contributed by atoms with E-state index in [1.807, 2.05) is 20.8 Å². The van der Waals surface area contributed by atoms with Gasteiger partial charge in [0, 0.05) is 22.8 Å². The van der Waals surface area contributed by atoms with Crippen LogP contribution >= 0.6 is 11.5 Å². The standard InChI is InChI=1S/C21H22FN5O2S/c1-4-21(2,3)24-19(28)18(16-7-5-6-12-23-16)27(15-10-8-14(22)9-11-15)20(29)17-13-30-26-25-17/h5-13,18H,4H2,1-3H3,(H,24,28)/t18-/m0/s1. The van der Waals surface area contributed by atoms with Crippen molar-refractivity contribution in [3.8, 4) is 0 Å². The summed E-state index contributed by atoms with van der Waals surface area (Å²) in [4.78, 5) is 32.4. The molecule has 0 saturated carbocycles. The predicted octanol–water partition coefficient (Wildman–Crippen LogP) is 3.77. The van der Waals surface area contributed by atoms with Crippen LogP contribution in [0.15, 0.2) is 54.0 Å². The van der Waals surface area contributed by atoms with E-state index in [4.69, 9.17) is 0 Å². The van der Waals surface area contributed by atoms with Crippen molar-refractivity contribution in [1.82, 2.24) is 19.9 Å². The first-order valence-corrected chi connectivity index (χ1v) is 10.2. The van der Waals surface area contributed by atoms with Gasteiger partial charge in [0.1, 0.15) is 5.82 Å². The van der Waals surface area contributed by atoms with Crippen molar-refractivity contribution in [2.75, 3.05) is 4.90 Å². The summed E-state index contributed by atoms with van der Waals surface area (Å²) >= 11 is 1.03. The number of pyridine rings is 1. The summed E-state index contributed by atoms with van der Waals surface area (Å²) in [7, 11) is 0. The van der Waals surface area contributed by atoms with E-state index < -0.39 is 29.2 Å². The Bertz CT molecular complexity index is 994. The highest BCUT2D eigenvalue weighted by atomic mass is 32.1. The number of amides is 2. The van der Waals surface area contributed by atoms with Gasteiger partial charge in [0.25, 0.3) is 5.91 Å². The molecule has 3 rings (SSSR count). The van der Waals surface area contributed by atoms with Gasteiger partial charge in [0.05, 0.1) is 5.69 Å². The van der Waals surface area contributed by atoms with Crippen LogP contribution in [0.3, 0.4) is 0 Å². The third-order valence-corrected chi connectivity index (χ3v) is 5.23. The Labute approximate surface area is 178 Å². The van der Waals surface area contributed by atoms with Crippen LogP contribution in [0.4, 0.5) is 10.1 Å². The van der Waals surface area contributed by atoms with E-state index in [2.05, 4.69) is 19.9 Å². The van der Waals surface area contributed by atoms with Gasteiger partial charge in [-0.2, -0.15) is 0 Å². The summed E-state index contributed by atoms with van der Waals surface area (Å²) in [6.07, 6.45) is 2.24. The second-order valence-corrected chi connectivity index (χ2v) is 7.94. The number of halogens is 1. The van der Waals surface area contributed by atoms with Gasteiger partial charge in [-0.1, -0.05) is 17.5 Å². The summed E-state index contributed by atoms with van der Waals surface area (Å²) < 4.78 is 17.3. The molecule has 0 spiro atoms. The molecule has 7 nitrogen and oxygen atoms in total. The maximum atomic E-state index is 13.6. The van der Waals surface area contributed by atoms with Gasteiger partial charge in [0.2, 0.25) is 5.91 Å². The molecule has 0 fully saturated rings. The number of benzene rings is 1. The number of anilines is 1. The monoisotopic (exact) mass is 427 g/mol. The SMILES string of the molecule is CCC(C)(C)NC(=O)[C@H](c1ccccn1)N(C(=O)c1csnn1)c1ccc(F)cc1. The number of carbonyl (C=O) groups is 2. The molecule has 2 amide bonds. The fourth-order valence-corrected chi connectivity index (χ4v) is 3.21. The van der Waals surface area contributed by atoms with Crippen LogP contribution in [-0.4, -0.2) is 31.9 Å². The van der Waals surface area contributed by atoms with Crippen molar-refractivity contribution in [1.29, 1.82) is 0 Å². The van der Waals surface area contributed by atoms with Crippen LogP contribution in [0.25, 0.3) is 0 Å². The number of aromatic nitrogens is 3. The van der Waals surface area contributed by atoms with Crippen LogP contribution in [0.5, 0.6) is 0 Å². The fraction of sp³-hybridized carbons (Fsp3) is 0.286. The topological polar surface area (TPSA) is 88.1 Å². The lowest BCUT2D eigenvalue weighted by Crippen LogP contribution is -2.50. The fourth-order valence-electron chi connectivity index (χ4n) is 2.78. The molecule has 1 atom stereocenters. The Morgan fingerprint density at radius 3 is 2.50 bits per heavy atom. The summed E-state index contributed by atoms with van der Waals surface area (Å²) in [5.74, 6) is -1.38. The summed E-state index contributed by atoms with van der Waals surface area (Å²) in [5, 5.41) is 8.35. The second-order valence-electron chi connectivity index (χ2n) is 7.33. The Kier molecular flexibility index (Phi) is 6.51. The van der Waals surface area contributed by atoms with Crippen LogP contribution in [0, 0.1) is 5.82 Å². The summed E-state index contributed by atoms with van der Waals surface area (Å²) in [6, 6.07) is 9.41. The smallest absolute Gasteiger partial charge is 0.280 e. The summed E-state index contributed by atoms with van der Waals surface area (Å²) in [6.45, 7) is 5.75. The molecule has 1 aromatic carbocycles. The molecule has 0 saturated heterocycles. The van der Waals surface area contributed by atoms with Crippen molar-refractivity contribution in [3.63, 3.8) is 0 Å². The number of hydrogen-bond acceptors (Lipinski definition) is 6. The molecule has 3 aromatic rings. The van der Waals surface area contributed by atoms with Gasteiger partial charge in [-0.15, -0.1) is 5.10 Å². The largest absolute Gasteiger partial charge is 0.349 e. The molecule has 0 bridgehead atoms. The highest BCUT2D eigenvalue weighted by Crippen LogP contribution is 2.29. The van der Waals surface area contributed by atoms with Crippen LogP contribution in [0.2, 0.25) is 0 Å². The Morgan fingerprint density at radius 1 is 1.20 bits per heavy atom. The van der Waals surface area contributed by atoms with Crippen LogP contribution in [-0.2, 0) is 4.79 Å². The minimum atomic E-state index is -1.09. The maximum Gasteiger partial charge on any atom is 0.280 e. The Morgan fingerprint density at radius 2 is 1.93 bits per heavy atom. The second kappa shape index (κ2) is 9.08. The Balaban J connectivity index is 2.14. The predicted molar refractivity (Wildman–Crippen MR) is 113 cm³/mol. The van der Waals surface area contributed by atoms with E-state index in [1.165, 1.54) is 34.5 Å². The molecule has 2 aromatic heterocycles. The molecule has 0 radical (unpaired) electrons. The first kappa shape index (κ1) is 21.5. The number of nitrogens with one attached hydrogen (secondary N) is 1. The average Bonchev–Trinajstić information content (AvgIpc) is 3.27. The zero-order valence-electron chi connectivity index (χ0n) is 16.9. The van der Waals surface area contributed by atoms with Crippen LogP contribution < -0.4 is 10.2 Å². The van der Waals surface area contributed by atoms with Gasteiger partial charge >= 0.3 is 0 Å². The molecule has 0 unspecified atom stereocenters. The van der Waals surface area contributed by atoms with Gasteiger partial charge in [-0.25, -0.2) is 4.39 Å². The number of nitrogens with zero attached hydrogens (tertiary/aromatic N) is 4. The molecular weight excluding hydrogens is 405 g/mol. The molecule has 2 heterocycles. The lowest BCUT2D eigenvalue weighted by Gasteiger charge is -2.33. The van der Waals surface area contributed by atoms with Gasteiger partial charge < -0.3 is 5.32 Å². The first-order valence-electron chi connectivity index (χ1n) is 9.41. The molecular formula is C21H22FN5O2S. The lowest BCUT2D eigenvalue weighted by molar-refractivity contribution is -0.124. The van der Waals surface area contributed by atoms with E-state index in [1.54, 1.807) is 24.4 Å². The molecule has 30 heavy (non-hydrogen) atoms. The average molecular weight is 428 g/mol. The van der Waals surface area contributed by atoms with Gasteiger partial charge in [-0.3, -0.25) is 19.5 Å². The van der Waals surface area contributed by atoms with Gasteiger partial charge in [0.15, 0.2) is 11.7 Å². The van der Waals surface area contributed by atoms with Crippen molar-refractivity contribution in [3.05, 3.63) is 71.2 Å². The normalized spacial score (nSPS) is 12.3. The molecule has 156 valence electrons. The van der Waals surface area contributed by atoms with Crippen molar-refractivity contribution in [2.24, 2.45) is 0 Å². The van der Waals surface area contributed by atoms with Crippen molar-refractivity contribution in [2.45, 2.75) is 38.8 Å². The maximum absolute atomic E-state index is 13.6. The minimum absolute atomic E-state index is 0.0906. The zero-order valence-corrected chi connectivity index (χ0v) is 17.7. The molecule has 9 heteroatoms. The number of rotatable bonds is 7. The number of hydrogen-bond donors (Lipinski definition) is 1. The van der Waals surface area contributed by atoms with E-state index in [9.17, 15) is 14.0 Å². The highest BCUT2D eigenvalue weighted by Gasteiger charge is 2.37. The summed E-state index contributed by atoms with van der Waals surface area (Å²) in [5.41, 5.74) is 0.314. The minimum Gasteiger partial charge on any atom is -0.349 e. The van der Waals surface area contributed by atoms with E-state index in [0.29, 0.717) is 17.8 Å². The zero-order chi connectivity index (χ0) is 21.7. The van der Waals surface area contributed by atoms with E-state index >= 15 is 0 Å². The van der Waals surface area contributed by atoms with Crippen LogP contribution in [0.1, 0.15) is 49.4 Å². The van der Waals surface area contributed by atoms with Crippen molar-refractivity contribution >= 4 is 29.0 Å². The quantitative estimate of drug-likeness (QED) is 0.620. The van der Waals surface area contributed by atoms with Crippen molar-refractivity contribution < 1.29 is 14.0 Å². The highest BCUT2D eigenvalue weighted by molar-refractivity contribution is 7.03.